The van der Waals surface area contributed by atoms with Crippen molar-refractivity contribution in [3.05, 3.63) is 63.1 Å². The zero-order chi connectivity index (χ0) is 19.4. The fourth-order valence-corrected chi connectivity index (χ4v) is 3.84. The van der Waals surface area contributed by atoms with Crippen LogP contribution in [0.2, 0.25) is 10.0 Å². The Bertz CT molecular complexity index is 867. The van der Waals surface area contributed by atoms with E-state index in [1.807, 2.05) is 13.0 Å². The topological polar surface area (TPSA) is 58.2 Å². The lowest BCUT2D eigenvalue weighted by Gasteiger charge is -2.21. The highest BCUT2D eigenvalue weighted by molar-refractivity contribution is 6.42. The third kappa shape index (κ3) is 4.82. The summed E-state index contributed by atoms with van der Waals surface area (Å²) in [5, 5.41) is 6.09. The minimum atomic E-state index is -0.754. The number of carbonyl (C=O) groups excluding carboxylic acids is 2. The van der Waals surface area contributed by atoms with Crippen molar-refractivity contribution in [2.24, 2.45) is 0 Å². The van der Waals surface area contributed by atoms with E-state index in [-0.39, 0.29) is 11.1 Å². The van der Waals surface area contributed by atoms with Crippen molar-refractivity contribution in [2.45, 2.75) is 45.1 Å². The van der Waals surface area contributed by atoms with Crippen molar-refractivity contribution < 1.29 is 9.59 Å². The number of anilines is 1. The molecule has 0 bridgehead atoms. The predicted octanol–water partition coefficient (Wildman–Crippen LogP) is 5.08. The van der Waals surface area contributed by atoms with Crippen molar-refractivity contribution in [1.82, 2.24) is 5.32 Å². The van der Waals surface area contributed by atoms with Crippen LogP contribution >= 0.6 is 23.2 Å². The number of halogens is 2. The maximum absolute atomic E-state index is 12.4. The van der Waals surface area contributed by atoms with Gasteiger partial charge in [-0.3, -0.25) is 9.59 Å². The predicted molar refractivity (Wildman–Crippen MR) is 109 cm³/mol. The molecule has 1 atom stereocenters. The quantitative estimate of drug-likeness (QED) is 0.698. The number of hydrogen-bond donors (Lipinski definition) is 2. The van der Waals surface area contributed by atoms with E-state index in [9.17, 15) is 9.59 Å². The Morgan fingerprint density at radius 2 is 1.74 bits per heavy atom. The molecule has 6 heteroatoms. The molecule has 1 unspecified atom stereocenters. The summed E-state index contributed by atoms with van der Waals surface area (Å²) in [6.07, 6.45) is 5.31. The van der Waals surface area contributed by atoms with Crippen molar-refractivity contribution in [1.29, 1.82) is 0 Å². The molecule has 1 aliphatic carbocycles. The Kier molecular flexibility index (Phi) is 6.40. The summed E-state index contributed by atoms with van der Waals surface area (Å²) in [5.74, 6) is -1.44. The fraction of sp³-hybridized carbons (Fsp3) is 0.333. The van der Waals surface area contributed by atoms with Crippen LogP contribution in [0.3, 0.4) is 0 Å². The van der Waals surface area contributed by atoms with Crippen molar-refractivity contribution in [2.75, 3.05) is 5.32 Å². The minimum Gasteiger partial charge on any atom is -0.341 e. The molecule has 2 amide bonds. The summed E-state index contributed by atoms with van der Waals surface area (Å²) >= 11 is 11.9. The van der Waals surface area contributed by atoms with Gasteiger partial charge in [0.2, 0.25) is 0 Å². The van der Waals surface area contributed by atoms with E-state index in [0.29, 0.717) is 17.1 Å². The average molecular weight is 405 g/mol. The van der Waals surface area contributed by atoms with E-state index in [1.165, 1.54) is 30.0 Å². The molecule has 0 aliphatic heterocycles. The van der Waals surface area contributed by atoms with Gasteiger partial charge in [0.05, 0.1) is 16.8 Å². The van der Waals surface area contributed by atoms with Crippen LogP contribution in [0.5, 0.6) is 0 Å². The fourth-order valence-electron chi connectivity index (χ4n) is 3.38. The van der Waals surface area contributed by atoms with E-state index < -0.39 is 11.8 Å². The van der Waals surface area contributed by atoms with Gasteiger partial charge in [0.25, 0.3) is 0 Å². The van der Waals surface area contributed by atoms with E-state index in [4.69, 9.17) is 23.2 Å². The lowest BCUT2D eigenvalue weighted by Crippen LogP contribution is -2.37. The van der Waals surface area contributed by atoms with E-state index in [2.05, 4.69) is 22.8 Å². The zero-order valence-electron chi connectivity index (χ0n) is 15.1. The first-order valence-electron chi connectivity index (χ1n) is 9.16. The summed E-state index contributed by atoms with van der Waals surface area (Å²) in [5.41, 5.74) is 4.12. The first-order chi connectivity index (χ1) is 13.0. The lowest BCUT2D eigenvalue weighted by atomic mass is 9.89. The van der Waals surface area contributed by atoms with E-state index >= 15 is 0 Å². The molecule has 0 saturated carbocycles. The maximum Gasteiger partial charge on any atom is 0.313 e. The first kappa shape index (κ1) is 19.7. The van der Waals surface area contributed by atoms with Crippen LogP contribution < -0.4 is 10.6 Å². The van der Waals surface area contributed by atoms with Gasteiger partial charge in [-0.15, -0.1) is 0 Å². The maximum atomic E-state index is 12.4. The van der Waals surface area contributed by atoms with Gasteiger partial charge in [0, 0.05) is 5.02 Å². The molecular formula is C21H22Cl2N2O2. The molecule has 0 radical (unpaired) electrons. The van der Waals surface area contributed by atoms with Crippen LogP contribution in [-0.4, -0.2) is 11.8 Å². The molecule has 0 spiro atoms. The minimum absolute atomic E-state index is 0.212. The Morgan fingerprint density at radius 1 is 1.00 bits per heavy atom. The summed E-state index contributed by atoms with van der Waals surface area (Å²) in [7, 11) is 0. The number of benzene rings is 2. The molecule has 0 aromatic heterocycles. The lowest BCUT2D eigenvalue weighted by molar-refractivity contribution is -0.136. The largest absolute Gasteiger partial charge is 0.341 e. The third-order valence-electron chi connectivity index (χ3n) is 4.87. The molecule has 2 N–H and O–H groups in total. The van der Waals surface area contributed by atoms with Gasteiger partial charge < -0.3 is 10.6 Å². The standard InChI is InChI=1S/C21H22Cl2N2O2/c1-2-18(15-8-7-13-5-3-4-6-14(13)11-15)24-20(26)21(27)25-19-10-9-16(22)12-17(19)23/h7-12,18H,2-6H2,1H3,(H,24,26)(H,25,27). The van der Waals surface area contributed by atoms with Crippen molar-refractivity contribution in [3.63, 3.8) is 0 Å². The number of hydrogen-bond acceptors (Lipinski definition) is 2. The van der Waals surface area contributed by atoms with Gasteiger partial charge >= 0.3 is 11.8 Å². The van der Waals surface area contributed by atoms with Crippen molar-refractivity contribution in [3.8, 4) is 0 Å². The van der Waals surface area contributed by atoms with Gasteiger partial charge in [-0.25, -0.2) is 0 Å². The van der Waals surface area contributed by atoms with E-state index in [0.717, 1.165) is 18.4 Å². The average Bonchev–Trinajstić information content (AvgIpc) is 2.67. The first-order valence-corrected chi connectivity index (χ1v) is 9.92. The summed E-state index contributed by atoms with van der Waals surface area (Å²) in [4.78, 5) is 24.6. The summed E-state index contributed by atoms with van der Waals surface area (Å²) < 4.78 is 0. The highest BCUT2D eigenvalue weighted by Crippen LogP contribution is 2.27. The Labute approximate surface area is 169 Å². The number of amides is 2. The highest BCUT2D eigenvalue weighted by atomic mass is 35.5. The Morgan fingerprint density at radius 3 is 2.44 bits per heavy atom. The van der Waals surface area contributed by atoms with Gasteiger partial charge in [-0.05, 0) is 67.0 Å². The van der Waals surface area contributed by atoms with Crippen LogP contribution in [0, 0.1) is 0 Å². The van der Waals surface area contributed by atoms with Gasteiger partial charge in [0.1, 0.15) is 0 Å². The van der Waals surface area contributed by atoms with Gasteiger partial charge in [0.15, 0.2) is 0 Å². The number of fused-ring (bicyclic) bond motifs is 1. The number of rotatable bonds is 4. The Balaban J connectivity index is 1.68. The second-order valence-corrected chi connectivity index (χ2v) is 7.59. The summed E-state index contributed by atoms with van der Waals surface area (Å²) in [6.45, 7) is 1.98. The van der Waals surface area contributed by atoms with Crippen LogP contribution in [0.4, 0.5) is 5.69 Å². The normalized spacial score (nSPS) is 14.2. The van der Waals surface area contributed by atoms with Gasteiger partial charge in [-0.1, -0.05) is 48.3 Å². The number of nitrogens with one attached hydrogen (secondary N) is 2. The molecule has 3 rings (SSSR count). The second-order valence-electron chi connectivity index (χ2n) is 6.75. The smallest absolute Gasteiger partial charge is 0.313 e. The second kappa shape index (κ2) is 8.77. The molecule has 0 fully saturated rings. The third-order valence-corrected chi connectivity index (χ3v) is 5.42. The van der Waals surface area contributed by atoms with Crippen LogP contribution in [0.1, 0.15) is 48.9 Å². The number of aryl methyl sites for hydroxylation is 2. The molecule has 4 nitrogen and oxygen atoms in total. The molecular weight excluding hydrogens is 383 g/mol. The molecule has 27 heavy (non-hydrogen) atoms. The molecule has 0 heterocycles. The molecule has 0 saturated heterocycles. The molecule has 2 aromatic carbocycles. The summed E-state index contributed by atoms with van der Waals surface area (Å²) in [6, 6.07) is 10.8. The van der Waals surface area contributed by atoms with Crippen molar-refractivity contribution >= 4 is 40.7 Å². The van der Waals surface area contributed by atoms with Crippen LogP contribution in [-0.2, 0) is 22.4 Å². The zero-order valence-corrected chi connectivity index (χ0v) is 16.7. The highest BCUT2D eigenvalue weighted by Gasteiger charge is 2.21. The number of carbonyl (C=O) groups is 2. The molecule has 2 aromatic rings. The monoisotopic (exact) mass is 404 g/mol. The van der Waals surface area contributed by atoms with Gasteiger partial charge in [-0.2, -0.15) is 0 Å². The SMILES string of the molecule is CCC(NC(=O)C(=O)Nc1ccc(Cl)cc1Cl)c1ccc2c(c1)CCCC2. The molecule has 1 aliphatic rings. The van der Waals surface area contributed by atoms with Crippen LogP contribution in [0.15, 0.2) is 36.4 Å². The van der Waals surface area contributed by atoms with Crippen LogP contribution in [0.25, 0.3) is 0 Å². The molecule has 142 valence electrons. The Hall–Kier alpha value is -2.04. The van der Waals surface area contributed by atoms with E-state index in [1.54, 1.807) is 12.1 Å².